The van der Waals surface area contributed by atoms with Crippen molar-refractivity contribution in [3.05, 3.63) is 45.5 Å². The van der Waals surface area contributed by atoms with Crippen molar-refractivity contribution in [3.8, 4) is 0 Å². The zero-order chi connectivity index (χ0) is 16.7. The summed E-state index contributed by atoms with van der Waals surface area (Å²) < 4.78 is 1.79. The molecule has 0 spiro atoms. The van der Waals surface area contributed by atoms with E-state index in [1.165, 1.54) is 0 Å². The fourth-order valence-corrected chi connectivity index (χ4v) is 2.50. The van der Waals surface area contributed by atoms with Gasteiger partial charge in [-0.25, -0.2) is 4.98 Å². The summed E-state index contributed by atoms with van der Waals surface area (Å²) in [5, 5.41) is 16.6. The summed E-state index contributed by atoms with van der Waals surface area (Å²) in [5.41, 5.74) is 2.35. The van der Waals surface area contributed by atoms with Crippen LogP contribution >= 0.6 is 11.6 Å². The number of nitrogens with zero attached hydrogens (tertiary/aromatic N) is 6. The van der Waals surface area contributed by atoms with Gasteiger partial charge < -0.3 is 4.90 Å². The fraction of sp³-hybridized carbons (Fsp3) is 0.214. The van der Waals surface area contributed by atoms with Gasteiger partial charge in [0.1, 0.15) is 6.20 Å². The summed E-state index contributed by atoms with van der Waals surface area (Å²) in [5.74, 6) is 0.127. The van der Waals surface area contributed by atoms with Gasteiger partial charge in [0.25, 0.3) is 0 Å². The SMILES string of the molecule is Cc1c2ccc(N(C)c3nc(Cl)ncc3[N+](=O)[O-])cc2nn1C. The first-order chi connectivity index (χ1) is 10.9. The van der Waals surface area contributed by atoms with Gasteiger partial charge >= 0.3 is 5.69 Å². The average Bonchev–Trinajstić information content (AvgIpc) is 2.80. The Labute approximate surface area is 136 Å². The van der Waals surface area contributed by atoms with Crippen LogP contribution in [0, 0.1) is 17.0 Å². The number of rotatable bonds is 3. The molecular formula is C14H13ClN6O2. The summed E-state index contributed by atoms with van der Waals surface area (Å²) in [4.78, 5) is 19.9. The highest BCUT2D eigenvalue weighted by molar-refractivity contribution is 6.28. The van der Waals surface area contributed by atoms with Crippen LogP contribution in [0.25, 0.3) is 10.9 Å². The molecular weight excluding hydrogens is 320 g/mol. The van der Waals surface area contributed by atoms with Crippen molar-refractivity contribution in [3.63, 3.8) is 0 Å². The molecule has 2 heterocycles. The Kier molecular flexibility index (Phi) is 3.61. The maximum Gasteiger partial charge on any atom is 0.330 e. The Bertz CT molecular complexity index is 923. The Balaban J connectivity index is 2.12. The zero-order valence-corrected chi connectivity index (χ0v) is 13.4. The number of fused-ring (bicyclic) bond motifs is 1. The minimum Gasteiger partial charge on any atom is -0.324 e. The van der Waals surface area contributed by atoms with Gasteiger partial charge in [0.05, 0.1) is 10.4 Å². The van der Waals surface area contributed by atoms with E-state index in [4.69, 9.17) is 11.6 Å². The highest BCUT2D eigenvalue weighted by atomic mass is 35.5. The van der Waals surface area contributed by atoms with Gasteiger partial charge in [0, 0.05) is 30.9 Å². The molecule has 0 atom stereocenters. The second kappa shape index (κ2) is 5.47. The Morgan fingerprint density at radius 1 is 1.39 bits per heavy atom. The van der Waals surface area contributed by atoms with Gasteiger partial charge in [-0.2, -0.15) is 10.1 Å². The number of aromatic nitrogens is 4. The lowest BCUT2D eigenvalue weighted by atomic mass is 10.2. The predicted octanol–water partition coefficient (Wildman–Crippen LogP) is 3.00. The van der Waals surface area contributed by atoms with Crippen LogP contribution in [0.1, 0.15) is 5.69 Å². The van der Waals surface area contributed by atoms with Crippen LogP contribution in [0.5, 0.6) is 0 Å². The summed E-state index contributed by atoms with van der Waals surface area (Å²) in [6, 6.07) is 5.64. The third-order valence-corrected chi connectivity index (χ3v) is 3.92. The summed E-state index contributed by atoms with van der Waals surface area (Å²) in [6.07, 6.45) is 1.10. The zero-order valence-electron chi connectivity index (χ0n) is 12.7. The largest absolute Gasteiger partial charge is 0.330 e. The Hall–Kier alpha value is -2.74. The van der Waals surface area contributed by atoms with E-state index in [-0.39, 0.29) is 16.8 Å². The third-order valence-electron chi connectivity index (χ3n) is 3.74. The van der Waals surface area contributed by atoms with Crippen LogP contribution in [0.2, 0.25) is 5.28 Å². The van der Waals surface area contributed by atoms with Gasteiger partial charge in [-0.1, -0.05) is 0 Å². The van der Waals surface area contributed by atoms with E-state index in [9.17, 15) is 10.1 Å². The molecule has 0 saturated carbocycles. The van der Waals surface area contributed by atoms with Crippen LogP contribution in [-0.2, 0) is 7.05 Å². The molecule has 118 valence electrons. The number of nitro groups is 1. The number of benzene rings is 1. The maximum absolute atomic E-state index is 11.2. The number of hydrogen-bond donors (Lipinski definition) is 0. The van der Waals surface area contributed by atoms with Gasteiger partial charge in [-0.15, -0.1) is 0 Å². The van der Waals surface area contributed by atoms with E-state index < -0.39 is 4.92 Å². The fourth-order valence-electron chi connectivity index (χ4n) is 2.37. The molecule has 0 unspecified atom stereocenters. The molecule has 0 aliphatic rings. The lowest BCUT2D eigenvalue weighted by Gasteiger charge is -2.17. The van der Waals surface area contributed by atoms with Crippen LogP contribution < -0.4 is 4.90 Å². The van der Waals surface area contributed by atoms with Crippen LogP contribution in [0.15, 0.2) is 24.4 Å². The molecule has 23 heavy (non-hydrogen) atoms. The van der Waals surface area contributed by atoms with Crippen molar-refractivity contribution in [2.75, 3.05) is 11.9 Å². The van der Waals surface area contributed by atoms with Crippen molar-refractivity contribution in [2.45, 2.75) is 6.92 Å². The molecule has 0 aliphatic heterocycles. The lowest BCUT2D eigenvalue weighted by molar-refractivity contribution is -0.384. The van der Waals surface area contributed by atoms with Gasteiger partial charge in [-0.05, 0) is 36.7 Å². The smallest absolute Gasteiger partial charge is 0.324 e. The van der Waals surface area contributed by atoms with E-state index in [1.807, 2.05) is 32.2 Å². The van der Waals surface area contributed by atoms with Gasteiger partial charge in [0.15, 0.2) is 0 Å². The van der Waals surface area contributed by atoms with E-state index in [0.29, 0.717) is 5.69 Å². The number of hydrogen-bond acceptors (Lipinski definition) is 6. The van der Waals surface area contributed by atoms with E-state index >= 15 is 0 Å². The molecule has 3 aromatic rings. The lowest BCUT2D eigenvalue weighted by Crippen LogP contribution is -2.14. The maximum atomic E-state index is 11.2. The molecule has 0 radical (unpaired) electrons. The van der Waals surface area contributed by atoms with Gasteiger partial charge in [0.2, 0.25) is 11.1 Å². The van der Waals surface area contributed by atoms with Crippen molar-refractivity contribution in [1.82, 2.24) is 19.7 Å². The molecule has 0 amide bonds. The van der Waals surface area contributed by atoms with E-state index in [2.05, 4.69) is 15.1 Å². The first-order valence-corrected chi connectivity index (χ1v) is 7.10. The summed E-state index contributed by atoms with van der Waals surface area (Å²) in [6.45, 7) is 1.98. The topological polar surface area (TPSA) is 90.0 Å². The Morgan fingerprint density at radius 2 is 2.13 bits per heavy atom. The number of halogens is 1. The van der Waals surface area contributed by atoms with Crippen LogP contribution in [0.3, 0.4) is 0 Å². The van der Waals surface area contributed by atoms with Crippen molar-refractivity contribution < 1.29 is 4.92 Å². The average molecular weight is 333 g/mol. The summed E-state index contributed by atoms with van der Waals surface area (Å²) in [7, 11) is 3.55. The molecule has 2 aromatic heterocycles. The number of anilines is 2. The van der Waals surface area contributed by atoms with E-state index in [1.54, 1.807) is 16.6 Å². The molecule has 8 nitrogen and oxygen atoms in total. The highest BCUT2D eigenvalue weighted by Gasteiger charge is 2.22. The molecule has 0 saturated heterocycles. The standard InChI is InChI=1S/C14H13ClN6O2/c1-8-10-5-4-9(6-11(10)18-20(8)3)19(2)13-12(21(22)23)7-16-14(15)17-13/h4-7H,1-3H3. The van der Waals surface area contributed by atoms with Crippen LogP contribution in [0.4, 0.5) is 17.2 Å². The van der Waals surface area contributed by atoms with Gasteiger partial charge in [-0.3, -0.25) is 14.8 Å². The minimum absolute atomic E-state index is 0.0489. The minimum atomic E-state index is -0.536. The molecule has 3 rings (SSSR count). The second-order valence-corrected chi connectivity index (χ2v) is 5.41. The highest BCUT2D eigenvalue weighted by Crippen LogP contribution is 2.32. The first kappa shape index (κ1) is 15.2. The second-order valence-electron chi connectivity index (χ2n) is 5.07. The first-order valence-electron chi connectivity index (χ1n) is 6.72. The monoisotopic (exact) mass is 332 g/mol. The number of aryl methyl sites for hydroxylation is 2. The molecule has 0 N–H and O–H groups in total. The Morgan fingerprint density at radius 3 is 2.83 bits per heavy atom. The molecule has 1 aromatic carbocycles. The van der Waals surface area contributed by atoms with Crippen LogP contribution in [-0.4, -0.2) is 31.7 Å². The van der Waals surface area contributed by atoms with Crippen molar-refractivity contribution in [2.24, 2.45) is 7.05 Å². The molecule has 0 aliphatic carbocycles. The molecule has 0 fully saturated rings. The van der Waals surface area contributed by atoms with Crippen molar-refractivity contribution in [1.29, 1.82) is 0 Å². The molecule has 9 heteroatoms. The normalized spacial score (nSPS) is 11.0. The van der Waals surface area contributed by atoms with Crippen molar-refractivity contribution >= 4 is 39.7 Å². The molecule has 0 bridgehead atoms. The third kappa shape index (κ3) is 2.57. The summed E-state index contributed by atoms with van der Waals surface area (Å²) >= 11 is 5.79. The predicted molar refractivity (Wildman–Crippen MR) is 87.2 cm³/mol. The van der Waals surface area contributed by atoms with E-state index in [0.717, 1.165) is 22.8 Å². The quantitative estimate of drug-likeness (QED) is 0.416.